The number of aryl methyl sites for hydroxylation is 1. The molecule has 0 bridgehead atoms. The van der Waals surface area contributed by atoms with Crippen LogP contribution < -0.4 is 10.2 Å². The van der Waals surface area contributed by atoms with Crippen LogP contribution in [0.5, 0.6) is 0 Å². The van der Waals surface area contributed by atoms with Crippen LogP contribution in [0.1, 0.15) is 60.1 Å². The van der Waals surface area contributed by atoms with Crippen LogP contribution in [0, 0.1) is 11.3 Å². The number of anilines is 1. The normalized spacial score (nSPS) is 13.8. The molecule has 0 aliphatic carbocycles. The zero-order valence-electron chi connectivity index (χ0n) is 22.7. The maximum atomic E-state index is 13.3. The third-order valence-corrected chi connectivity index (χ3v) is 6.93. The molecule has 2 aromatic rings. The van der Waals surface area contributed by atoms with Gasteiger partial charge in [0.15, 0.2) is 6.29 Å². The van der Waals surface area contributed by atoms with Crippen LogP contribution in [0.3, 0.4) is 0 Å². The number of rotatable bonds is 10. The van der Waals surface area contributed by atoms with Gasteiger partial charge in [-0.1, -0.05) is 19.1 Å². The van der Waals surface area contributed by atoms with Crippen molar-refractivity contribution in [2.75, 3.05) is 18.5 Å². The molecule has 3 heterocycles. The smallest absolute Gasteiger partial charge is 0.327 e. The Balaban J connectivity index is 1.85. The summed E-state index contributed by atoms with van der Waals surface area (Å²) in [6, 6.07) is 7.51. The second-order valence-electron chi connectivity index (χ2n) is 9.09. The molecule has 0 saturated heterocycles. The van der Waals surface area contributed by atoms with Gasteiger partial charge in [0.25, 0.3) is 0 Å². The number of nitriles is 1. The van der Waals surface area contributed by atoms with Crippen LogP contribution in [0.15, 0.2) is 58.8 Å². The number of pyridine rings is 1. The fraction of sp³-hybridized carbons (Fsp3) is 0.345. The molecule has 0 saturated carbocycles. The lowest BCUT2D eigenvalue weighted by Gasteiger charge is -2.29. The summed E-state index contributed by atoms with van der Waals surface area (Å²) in [5.41, 5.74) is 2.52. The zero-order chi connectivity index (χ0) is 28.4. The lowest BCUT2D eigenvalue weighted by atomic mass is 10.0. The number of ether oxygens (including phenoxy) is 1. The SMILES string of the molecule is CC/C=C/C(C#N)=C(\C=C(/C)NC(=O)N1CCCc2cc(CN(C)C(C)=O)c(C=O)nc21)OCc1cccs1. The summed E-state index contributed by atoms with van der Waals surface area (Å²) in [5, 5.41) is 14.6. The van der Waals surface area contributed by atoms with Crippen LogP contribution in [0.4, 0.5) is 10.6 Å². The Kier molecular flexibility index (Phi) is 10.6. The molecule has 0 aromatic carbocycles. The van der Waals surface area contributed by atoms with E-state index in [0.717, 1.165) is 23.3 Å². The van der Waals surface area contributed by atoms with E-state index in [1.165, 1.54) is 16.7 Å². The maximum Gasteiger partial charge on any atom is 0.327 e. The van der Waals surface area contributed by atoms with Gasteiger partial charge >= 0.3 is 6.03 Å². The molecule has 1 aliphatic heterocycles. The van der Waals surface area contributed by atoms with Gasteiger partial charge < -0.3 is 15.0 Å². The molecule has 9 nitrogen and oxygen atoms in total. The third-order valence-electron chi connectivity index (χ3n) is 6.08. The molecule has 10 heteroatoms. The van der Waals surface area contributed by atoms with Crippen molar-refractivity contribution in [3.8, 4) is 6.07 Å². The second-order valence-corrected chi connectivity index (χ2v) is 10.1. The van der Waals surface area contributed by atoms with Crippen molar-refractivity contribution in [3.05, 3.63) is 80.5 Å². The van der Waals surface area contributed by atoms with E-state index in [1.54, 1.807) is 37.5 Å². The Morgan fingerprint density at radius 2 is 2.15 bits per heavy atom. The number of amides is 3. The summed E-state index contributed by atoms with van der Waals surface area (Å²) in [6.07, 6.45) is 8.06. The average Bonchev–Trinajstić information content (AvgIpc) is 3.44. The summed E-state index contributed by atoms with van der Waals surface area (Å²) in [5.74, 6) is 0.662. The first kappa shape index (κ1) is 29.3. The number of allylic oxidation sites excluding steroid dienone is 5. The Hall–Kier alpha value is -4.23. The van der Waals surface area contributed by atoms with Crippen molar-refractivity contribution in [1.29, 1.82) is 5.26 Å². The predicted octanol–water partition coefficient (Wildman–Crippen LogP) is 5.26. The van der Waals surface area contributed by atoms with Gasteiger partial charge in [0.2, 0.25) is 5.91 Å². The fourth-order valence-corrected chi connectivity index (χ4v) is 4.59. The summed E-state index contributed by atoms with van der Waals surface area (Å²) in [6.45, 7) is 6.15. The number of hydrogen-bond acceptors (Lipinski definition) is 7. The summed E-state index contributed by atoms with van der Waals surface area (Å²) in [7, 11) is 1.66. The van der Waals surface area contributed by atoms with Crippen molar-refractivity contribution < 1.29 is 19.1 Å². The quantitative estimate of drug-likeness (QED) is 0.188. The minimum atomic E-state index is -0.400. The molecule has 0 radical (unpaired) electrons. The zero-order valence-corrected chi connectivity index (χ0v) is 23.5. The highest BCUT2D eigenvalue weighted by atomic mass is 32.1. The van der Waals surface area contributed by atoms with Crippen LogP contribution in [-0.4, -0.2) is 41.7 Å². The third kappa shape index (κ3) is 7.88. The van der Waals surface area contributed by atoms with Crippen LogP contribution in [0.2, 0.25) is 0 Å². The van der Waals surface area contributed by atoms with E-state index >= 15 is 0 Å². The lowest BCUT2D eigenvalue weighted by Crippen LogP contribution is -2.43. The van der Waals surface area contributed by atoms with Crippen molar-refractivity contribution in [3.63, 3.8) is 0 Å². The summed E-state index contributed by atoms with van der Waals surface area (Å²) < 4.78 is 5.98. The van der Waals surface area contributed by atoms with E-state index in [1.807, 2.05) is 36.6 Å². The van der Waals surface area contributed by atoms with Crippen molar-refractivity contribution in [2.45, 2.75) is 53.2 Å². The molecule has 0 fully saturated rings. The summed E-state index contributed by atoms with van der Waals surface area (Å²) in [4.78, 5) is 45.4. The van der Waals surface area contributed by atoms with E-state index < -0.39 is 6.03 Å². The van der Waals surface area contributed by atoms with E-state index in [9.17, 15) is 19.6 Å². The highest BCUT2D eigenvalue weighted by Gasteiger charge is 2.26. The topological polar surface area (TPSA) is 116 Å². The molecular formula is C29H33N5O4S. The number of aldehydes is 1. The average molecular weight is 548 g/mol. The second kappa shape index (κ2) is 14.1. The molecule has 1 N–H and O–H groups in total. The van der Waals surface area contributed by atoms with Gasteiger partial charge in [0.1, 0.15) is 29.9 Å². The standard InChI is InChI=1S/C29H33N5O4S/c1-5-6-9-23(16-30)27(38-19-25-11-8-13-39-25)14-20(2)31-29(37)34-12-7-10-22-15-24(17-33(4)21(3)36)26(18-35)32-28(22)34/h6,8-9,11,13-15,18H,5,7,10,12,17,19H2,1-4H3,(H,31,37)/b9-6+,20-14+,27-23-. The molecule has 2 aromatic heterocycles. The minimum absolute atomic E-state index is 0.120. The maximum absolute atomic E-state index is 13.3. The van der Waals surface area contributed by atoms with Crippen molar-refractivity contribution >= 4 is 35.4 Å². The van der Waals surface area contributed by atoms with Gasteiger partial charge in [-0.25, -0.2) is 9.78 Å². The van der Waals surface area contributed by atoms with Crippen molar-refractivity contribution in [1.82, 2.24) is 15.2 Å². The van der Waals surface area contributed by atoms with E-state index in [-0.39, 0.29) is 18.1 Å². The predicted molar refractivity (Wildman–Crippen MR) is 151 cm³/mol. The number of nitrogens with zero attached hydrogens (tertiary/aromatic N) is 4. The van der Waals surface area contributed by atoms with Crippen molar-refractivity contribution in [2.24, 2.45) is 0 Å². The van der Waals surface area contributed by atoms with Gasteiger partial charge in [-0.2, -0.15) is 5.26 Å². The number of hydrogen-bond donors (Lipinski definition) is 1. The number of thiophene rings is 1. The Morgan fingerprint density at radius 1 is 1.36 bits per heavy atom. The molecule has 204 valence electrons. The number of fused-ring (bicyclic) bond motifs is 1. The molecule has 3 rings (SSSR count). The molecular weight excluding hydrogens is 514 g/mol. The molecule has 39 heavy (non-hydrogen) atoms. The van der Waals surface area contributed by atoms with Crippen LogP contribution in [-0.2, 0) is 29.1 Å². The Labute approximate surface area is 233 Å². The lowest BCUT2D eigenvalue weighted by molar-refractivity contribution is -0.128. The monoisotopic (exact) mass is 547 g/mol. The van der Waals surface area contributed by atoms with Gasteiger partial charge in [0.05, 0.1) is 5.57 Å². The van der Waals surface area contributed by atoms with Gasteiger partial charge in [-0.15, -0.1) is 11.3 Å². The highest BCUT2D eigenvalue weighted by molar-refractivity contribution is 7.09. The van der Waals surface area contributed by atoms with E-state index in [4.69, 9.17) is 4.74 Å². The van der Waals surface area contributed by atoms with Gasteiger partial charge in [-0.3, -0.25) is 14.5 Å². The molecule has 1 aliphatic rings. The fourth-order valence-electron chi connectivity index (χ4n) is 3.97. The van der Waals surface area contributed by atoms with Gasteiger partial charge in [-0.05, 0) is 55.3 Å². The minimum Gasteiger partial charge on any atom is -0.487 e. The van der Waals surface area contributed by atoms with E-state index in [2.05, 4.69) is 16.4 Å². The van der Waals surface area contributed by atoms with Gasteiger partial charge in [0, 0.05) is 49.3 Å². The number of carbonyl (C=O) groups is 3. The van der Waals surface area contributed by atoms with Crippen LogP contribution >= 0.6 is 11.3 Å². The number of aromatic nitrogens is 1. The number of nitrogens with one attached hydrogen (secondary N) is 1. The first-order valence-corrected chi connectivity index (χ1v) is 13.6. The molecule has 0 spiro atoms. The first-order valence-electron chi connectivity index (χ1n) is 12.7. The Bertz CT molecular complexity index is 1340. The van der Waals surface area contributed by atoms with Crippen LogP contribution in [0.25, 0.3) is 0 Å². The summed E-state index contributed by atoms with van der Waals surface area (Å²) >= 11 is 1.56. The Morgan fingerprint density at radius 3 is 2.79 bits per heavy atom. The first-order chi connectivity index (χ1) is 18.8. The molecule has 3 amide bonds. The number of carbonyl (C=O) groups excluding carboxylic acids is 3. The highest BCUT2D eigenvalue weighted by Crippen LogP contribution is 2.28. The van der Waals surface area contributed by atoms with E-state index in [0.29, 0.717) is 54.3 Å². The largest absolute Gasteiger partial charge is 0.487 e. The number of urea groups is 1. The molecule has 0 unspecified atom stereocenters. The molecule has 0 atom stereocenters.